The van der Waals surface area contributed by atoms with Gasteiger partial charge in [-0.3, -0.25) is 9.59 Å². The molecule has 1 N–H and O–H groups in total. The fraction of sp³-hybridized carbons (Fsp3) is 0.111. The van der Waals surface area contributed by atoms with Crippen LogP contribution in [0.3, 0.4) is 0 Å². The summed E-state index contributed by atoms with van der Waals surface area (Å²) in [6.07, 6.45) is 0. The van der Waals surface area contributed by atoms with E-state index in [2.05, 4.69) is 0 Å². The summed E-state index contributed by atoms with van der Waals surface area (Å²) < 4.78 is 0. The second kappa shape index (κ2) is 4.16. The fourth-order valence-electron chi connectivity index (χ4n) is 0.840. The average molecular weight is 199 g/mol. The molecule has 3 nitrogen and oxygen atoms in total. The summed E-state index contributed by atoms with van der Waals surface area (Å²) in [5, 5.41) is 8.65. The van der Waals surface area contributed by atoms with Gasteiger partial charge >= 0.3 is 0 Å². The molecule has 1 aromatic rings. The van der Waals surface area contributed by atoms with Crippen LogP contribution in [0.2, 0.25) is 0 Å². The minimum atomic E-state index is -1.76. The maximum Gasteiger partial charge on any atom is 0.246 e. The number of hydrogen-bond acceptors (Lipinski definition) is 3. The number of alkyl halides is 1. The van der Waals surface area contributed by atoms with Crippen molar-refractivity contribution in [3.05, 3.63) is 35.9 Å². The lowest BCUT2D eigenvalue weighted by Crippen LogP contribution is -2.23. The van der Waals surface area contributed by atoms with E-state index in [4.69, 9.17) is 16.7 Å². The Morgan fingerprint density at radius 3 is 2.23 bits per heavy atom. The second-order valence-corrected chi connectivity index (χ2v) is 2.81. The number of carbonyl (C=O) groups is 2. The Balaban J connectivity index is 2.87. The third-order valence-corrected chi connectivity index (χ3v) is 1.67. The van der Waals surface area contributed by atoms with E-state index in [0.717, 1.165) is 0 Å². The quantitative estimate of drug-likeness (QED) is 0.448. The molecule has 0 saturated carbocycles. The van der Waals surface area contributed by atoms with Gasteiger partial charge in [0.15, 0.2) is 5.56 Å². The molecule has 0 amide bonds. The van der Waals surface area contributed by atoms with Crippen LogP contribution in [-0.4, -0.2) is 22.2 Å². The largest absolute Gasteiger partial charge is 0.371 e. The highest BCUT2D eigenvalue weighted by Gasteiger charge is 2.21. The van der Waals surface area contributed by atoms with Crippen LogP contribution in [0.4, 0.5) is 0 Å². The topological polar surface area (TPSA) is 54.4 Å². The van der Waals surface area contributed by atoms with Crippen LogP contribution in [0.25, 0.3) is 0 Å². The van der Waals surface area contributed by atoms with Crippen molar-refractivity contribution in [1.29, 1.82) is 0 Å². The molecule has 1 aromatic carbocycles. The molecule has 4 heteroatoms. The van der Waals surface area contributed by atoms with E-state index in [0.29, 0.717) is 0 Å². The van der Waals surface area contributed by atoms with E-state index in [1.807, 2.05) is 0 Å². The molecule has 1 rings (SSSR count). The number of halogens is 1. The summed E-state index contributed by atoms with van der Waals surface area (Å²) in [5.74, 6) is -1.78. The highest BCUT2D eigenvalue weighted by Crippen LogP contribution is 2.04. The van der Waals surface area contributed by atoms with Crippen molar-refractivity contribution in [1.82, 2.24) is 0 Å². The lowest BCUT2D eigenvalue weighted by molar-refractivity contribution is -0.119. The summed E-state index contributed by atoms with van der Waals surface area (Å²) in [6, 6.07) is 7.94. The monoisotopic (exact) mass is 198 g/mol. The smallest absolute Gasteiger partial charge is 0.246 e. The van der Waals surface area contributed by atoms with E-state index in [-0.39, 0.29) is 5.56 Å². The summed E-state index contributed by atoms with van der Waals surface area (Å²) in [5.41, 5.74) is -1.53. The average Bonchev–Trinajstić information content (AvgIpc) is 2.17. The van der Waals surface area contributed by atoms with Crippen molar-refractivity contribution in [2.24, 2.45) is 0 Å². The standard InChI is InChI=1S/C9H7ClO3/c10-9(13)8(12)7(11)6-4-2-1-3-5-6/h1-5,9,13H. The molecule has 0 spiro atoms. The van der Waals surface area contributed by atoms with E-state index in [1.54, 1.807) is 18.2 Å². The Labute approximate surface area is 79.9 Å². The summed E-state index contributed by atoms with van der Waals surface area (Å²) in [4.78, 5) is 22.1. The Morgan fingerprint density at radius 2 is 1.77 bits per heavy atom. The Bertz CT molecular complexity index is 319. The van der Waals surface area contributed by atoms with Gasteiger partial charge in [-0.25, -0.2) is 0 Å². The molecule has 0 radical (unpaired) electrons. The molecule has 1 unspecified atom stereocenters. The molecule has 0 fully saturated rings. The first-order valence-corrected chi connectivity index (χ1v) is 4.02. The molecule has 0 saturated heterocycles. The first-order valence-electron chi connectivity index (χ1n) is 3.58. The van der Waals surface area contributed by atoms with Crippen LogP contribution in [-0.2, 0) is 4.79 Å². The van der Waals surface area contributed by atoms with E-state index >= 15 is 0 Å². The highest BCUT2D eigenvalue weighted by atomic mass is 35.5. The van der Waals surface area contributed by atoms with Crippen LogP contribution in [0.1, 0.15) is 10.4 Å². The van der Waals surface area contributed by atoms with Gasteiger partial charge in [0.2, 0.25) is 11.6 Å². The zero-order valence-corrected chi connectivity index (χ0v) is 7.36. The normalized spacial score (nSPS) is 12.2. The van der Waals surface area contributed by atoms with Crippen LogP contribution in [0.15, 0.2) is 30.3 Å². The van der Waals surface area contributed by atoms with Gasteiger partial charge in [0, 0.05) is 5.56 Å². The summed E-state index contributed by atoms with van der Waals surface area (Å²) in [7, 11) is 0. The molecular weight excluding hydrogens is 192 g/mol. The third-order valence-electron chi connectivity index (χ3n) is 1.48. The molecule has 0 aliphatic carbocycles. The van der Waals surface area contributed by atoms with Gasteiger partial charge in [-0.1, -0.05) is 41.9 Å². The molecular formula is C9H7ClO3. The number of Topliss-reactive ketones (excluding diaryl/α,β-unsaturated/α-hetero) is 2. The lowest BCUT2D eigenvalue weighted by Gasteiger charge is -1.99. The van der Waals surface area contributed by atoms with Gasteiger partial charge in [0.1, 0.15) is 0 Å². The predicted molar refractivity (Wildman–Crippen MR) is 47.6 cm³/mol. The molecule has 1 atom stereocenters. The number of aliphatic hydroxyl groups is 1. The minimum absolute atomic E-state index is 0.229. The van der Waals surface area contributed by atoms with Gasteiger partial charge < -0.3 is 5.11 Å². The number of aliphatic hydroxyl groups excluding tert-OH is 1. The molecule has 68 valence electrons. The van der Waals surface area contributed by atoms with Gasteiger partial charge in [0.05, 0.1) is 0 Å². The maximum absolute atomic E-state index is 11.2. The third kappa shape index (κ3) is 2.37. The zero-order valence-electron chi connectivity index (χ0n) is 6.61. The van der Waals surface area contributed by atoms with Gasteiger partial charge in [-0.15, -0.1) is 0 Å². The van der Waals surface area contributed by atoms with Crippen molar-refractivity contribution >= 4 is 23.2 Å². The number of hydrogen-bond donors (Lipinski definition) is 1. The zero-order chi connectivity index (χ0) is 9.84. The SMILES string of the molecule is O=C(C(=O)C(O)Cl)c1ccccc1. The van der Waals surface area contributed by atoms with Crippen LogP contribution < -0.4 is 0 Å². The molecule has 0 bridgehead atoms. The van der Waals surface area contributed by atoms with Crippen LogP contribution in [0.5, 0.6) is 0 Å². The maximum atomic E-state index is 11.2. The van der Waals surface area contributed by atoms with Gasteiger partial charge in [-0.05, 0) is 0 Å². The number of ketones is 2. The van der Waals surface area contributed by atoms with E-state index < -0.39 is 17.1 Å². The fourth-order valence-corrected chi connectivity index (χ4v) is 0.939. The Morgan fingerprint density at radius 1 is 1.23 bits per heavy atom. The molecule has 0 aromatic heterocycles. The summed E-state index contributed by atoms with van der Waals surface area (Å²) in [6.45, 7) is 0. The highest BCUT2D eigenvalue weighted by molar-refractivity contribution is 6.52. The predicted octanol–water partition coefficient (Wildman–Crippen LogP) is 0.996. The minimum Gasteiger partial charge on any atom is -0.371 e. The van der Waals surface area contributed by atoms with Crippen molar-refractivity contribution in [3.8, 4) is 0 Å². The van der Waals surface area contributed by atoms with Gasteiger partial charge in [0.25, 0.3) is 0 Å². The molecule has 0 aliphatic heterocycles. The first-order chi connectivity index (χ1) is 6.13. The van der Waals surface area contributed by atoms with E-state index in [1.165, 1.54) is 12.1 Å². The second-order valence-electron chi connectivity index (χ2n) is 2.40. The lowest BCUT2D eigenvalue weighted by atomic mass is 10.1. The first kappa shape index (κ1) is 9.89. The van der Waals surface area contributed by atoms with Crippen molar-refractivity contribution in [2.75, 3.05) is 0 Å². The number of rotatable bonds is 3. The number of carbonyl (C=O) groups excluding carboxylic acids is 2. The van der Waals surface area contributed by atoms with Crippen molar-refractivity contribution < 1.29 is 14.7 Å². The van der Waals surface area contributed by atoms with Crippen LogP contribution >= 0.6 is 11.6 Å². The Hall–Kier alpha value is -1.19. The molecule has 0 heterocycles. The Kier molecular flexibility index (Phi) is 3.17. The molecule has 13 heavy (non-hydrogen) atoms. The van der Waals surface area contributed by atoms with Crippen LogP contribution in [0, 0.1) is 0 Å². The van der Waals surface area contributed by atoms with E-state index in [9.17, 15) is 9.59 Å². The number of benzene rings is 1. The summed E-state index contributed by atoms with van der Waals surface area (Å²) >= 11 is 5.06. The van der Waals surface area contributed by atoms with Gasteiger partial charge in [-0.2, -0.15) is 0 Å². The van der Waals surface area contributed by atoms with Crippen molar-refractivity contribution in [3.63, 3.8) is 0 Å². The van der Waals surface area contributed by atoms with Crippen molar-refractivity contribution in [2.45, 2.75) is 5.56 Å². The molecule has 0 aliphatic rings.